The summed E-state index contributed by atoms with van der Waals surface area (Å²) in [6.45, 7) is 2.75. The number of nitrogens with zero attached hydrogens (tertiary/aromatic N) is 1. The molecule has 2 aromatic rings. The van der Waals surface area contributed by atoms with Gasteiger partial charge in [-0.3, -0.25) is 9.79 Å². The van der Waals surface area contributed by atoms with Gasteiger partial charge >= 0.3 is 0 Å². The summed E-state index contributed by atoms with van der Waals surface area (Å²) in [7, 11) is 3.37. The molecule has 2 aromatic carbocycles. The molecule has 1 aliphatic rings. The van der Waals surface area contributed by atoms with Crippen molar-refractivity contribution in [3.05, 3.63) is 71.0 Å². The first-order chi connectivity index (χ1) is 15.1. The predicted octanol–water partition coefficient (Wildman–Crippen LogP) is 3.26. The Bertz CT molecular complexity index is 899. The molecule has 3 N–H and O–H groups in total. The van der Waals surface area contributed by atoms with Gasteiger partial charge < -0.3 is 20.7 Å². The normalized spacial score (nSPS) is 15.4. The van der Waals surface area contributed by atoms with Crippen molar-refractivity contribution in [2.24, 2.45) is 4.99 Å². The summed E-state index contributed by atoms with van der Waals surface area (Å²) >= 11 is 0. The fourth-order valence-electron chi connectivity index (χ4n) is 3.94. The molecule has 8 heteroatoms. The van der Waals surface area contributed by atoms with Gasteiger partial charge in [0.2, 0.25) is 0 Å². The number of amides is 1. The first-order valence-electron chi connectivity index (χ1n) is 10.7. The van der Waals surface area contributed by atoms with Gasteiger partial charge in [0.25, 0.3) is 5.91 Å². The summed E-state index contributed by atoms with van der Waals surface area (Å²) in [5.74, 6) is 0.405. The van der Waals surface area contributed by atoms with E-state index in [1.807, 2.05) is 30.3 Å². The van der Waals surface area contributed by atoms with E-state index in [4.69, 9.17) is 4.74 Å². The molecule has 0 saturated carbocycles. The van der Waals surface area contributed by atoms with E-state index in [9.17, 15) is 9.18 Å². The van der Waals surface area contributed by atoms with E-state index in [-0.39, 0.29) is 41.1 Å². The Morgan fingerprint density at radius 2 is 1.84 bits per heavy atom. The molecular formula is C24H32FIN4O2. The maximum Gasteiger partial charge on any atom is 0.251 e. The van der Waals surface area contributed by atoms with Gasteiger partial charge in [0.05, 0.1) is 0 Å². The fraction of sp³-hybridized carbons (Fsp3) is 0.417. The van der Waals surface area contributed by atoms with Gasteiger partial charge in [-0.1, -0.05) is 24.3 Å². The summed E-state index contributed by atoms with van der Waals surface area (Å²) in [6, 6.07) is 14.4. The second-order valence-electron chi connectivity index (χ2n) is 7.78. The van der Waals surface area contributed by atoms with Crippen LogP contribution >= 0.6 is 24.0 Å². The molecule has 0 unspecified atom stereocenters. The molecule has 0 aromatic heterocycles. The highest BCUT2D eigenvalue weighted by molar-refractivity contribution is 14.0. The van der Waals surface area contributed by atoms with Crippen LogP contribution in [0.5, 0.6) is 0 Å². The zero-order valence-electron chi connectivity index (χ0n) is 18.6. The zero-order valence-corrected chi connectivity index (χ0v) is 20.9. The Morgan fingerprint density at radius 1 is 1.12 bits per heavy atom. The minimum atomic E-state index is -0.225. The third-order valence-corrected chi connectivity index (χ3v) is 5.85. The summed E-state index contributed by atoms with van der Waals surface area (Å²) in [4.78, 5) is 16.2. The number of benzene rings is 2. The van der Waals surface area contributed by atoms with Crippen LogP contribution in [0.15, 0.2) is 53.5 Å². The maximum absolute atomic E-state index is 13.4. The Labute approximate surface area is 206 Å². The molecule has 0 atom stereocenters. The third-order valence-electron chi connectivity index (χ3n) is 5.85. The number of carbonyl (C=O) groups excluding carboxylic acids is 1. The van der Waals surface area contributed by atoms with Gasteiger partial charge in [-0.15, -0.1) is 24.0 Å². The van der Waals surface area contributed by atoms with Crippen molar-refractivity contribution in [3.8, 4) is 0 Å². The molecule has 0 aliphatic carbocycles. The van der Waals surface area contributed by atoms with Gasteiger partial charge in [-0.2, -0.15) is 0 Å². The standard InChI is InChI=1S/C24H31FN4O2.HI/c1-26-22(30)19-5-3-4-18(16-19)10-13-28-23(27-2)29-17-24(11-14-31-15-12-24)20-6-8-21(25)9-7-20;/h3-9,16H,10-15,17H2,1-2H3,(H,26,30)(H2,27,28,29);1H. The van der Waals surface area contributed by atoms with E-state index < -0.39 is 0 Å². The SMILES string of the molecule is CN=C(NCCc1cccc(C(=O)NC)c1)NCC1(c2ccc(F)cc2)CCOCC1.I. The molecule has 1 aliphatic heterocycles. The average molecular weight is 554 g/mol. The smallest absolute Gasteiger partial charge is 0.251 e. The van der Waals surface area contributed by atoms with Crippen LogP contribution in [0.25, 0.3) is 0 Å². The summed E-state index contributed by atoms with van der Waals surface area (Å²) in [6.07, 6.45) is 2.51. The lowest BCUT2D eigenvalue weighted by molar-refractivity contribution is 0.0513. The number of rotatable bonds is 7. The largest absolute Gasteiger partial charge is 0.381 e. The number of carbonyl (C=O) groups is 1. The molecule has 1 saturated heterocycles. The van der Waals surface area contributed by atoms with Crippen LogP contribution in [0.3, 0.4) is 0 Å². The van der Waals surface area contributed by atoms with Crippen LogP contribution < -0.4 is 16.0 Å². The molecule has 0 bridgehead atoms. The summed E-state index contributed by atoms with van der Waals surface area (Å²) in [5.41, 5.74) is 2.73. The van der Waals surface area contributed by atoms with Crippen molar-refractivity contribution < 1.29 is 13.9 Å². The van der Waals surface area contributed by atoms with E-state index in [2.05, 4.69) is 20.9 Å². The van der Waals surface area contributed by atoms with Crippen LogP contribution in [0.1, 0.15) is 34.3 Å². The molecule has 0 radical (unpaired) electrons. The monoisotopic (exact) mass is 554 g/mol. The number of hydrogen-bond donors (Lipinski definition) is 3. The van der Waals surface area contributed by atoms with Crippen LogP contribution in [-0.4, -0.2) is 52.3 Å². The minimum absolute atomic E-state index is 0. The highest BCUT2D eigenvalue weighted by Crippen LogP contribution is 2.34. The van der Waals surface area contributed by atoms with Gasteiger partial charge in [0.1, 0.15) is 5.82 Å². The van der Waals surface area contributed by atoms with Gasteiger partial charge in [0, 0.05) is 51.4 Å². The first kappa shape index (κ1) is 26.1. The lowest BCUT2D eigenvalue weighted by Gasteiger charge is -2.38. The van der Waals surface area contributed by atoms with Crippen molar-refractivity contribution in [2.75, 3.05) is 40.4 Å². The Hall–Kier alpha value is -2.20. The van der Waals surface area contributed by atoms with Gasteiger partial charge in [0.15, 0.2) is 5.96 Å². The number of aliphatic imine (C=N–C) groups is 1. The Kier molecular flexibility index (Phi) is 10.4. The Morgan fingerprint density at radius 3 is 2.50 bits per heavy atom. The quantitative estimate of drug-likeness (QED) is 0.279. The average Bonchev–Trinajstić information content (AvgIpc) is 2.82. The van der Waals surface area contributed by atoms with Crippen molar-refractivity contribution in [1.29, 1.82) is 0 Å². The second kappa shape index (κ2) is 12.7. The lowest BCUT2D eigenvalue weighted by atomic mass is 9.74. The van der Waals surface area contributed by atoms with Crippen LogP contribution in [0.4, 0.5) is 4.39 Å². The predicted molar refractivity (Wildman–Crippen MR) is 136 cm³/mol. The van der Waals surface area contributed by atoms with Gasteiger partial charge in [-0.25, -0.2) is 4.39 Å². The Balaban J connectivity index is 0.00000363. The van der Waals surface area contributed by atoms with E-state index in [1.165, 1.54) is 12.1 Å². The van der Waals surface area contributed by atoms with Crippen LogP contribution in [0.2, 0.25) is 0 Å². The summed E-state index contributed by atoms with van der Waals surface area (Å²) in [5, 5.41) is 9.44. The summed E-state index contributed by atoms with van der Waals surface area (Å²) < 4.78 is 19.0. The minimum Gasteiger partial charge on any atom is -0.381 e. The molecular weight excluding hydrogens is 522 g/mol. The lowest BCUT2D eigenvalue weighted by Crippen LogP contribution is -2.48. The van der Waals surface area contributed by atoms with Crippen molar-refractivity contribution in [2.45, 2.75) is 24.7 Å². The molecule has 6 nitrogen and oxygen atoms in total. The molecule has 1 fully saturated rings. The van der Waals surface area contributed by atoms with Crippen LogP contribution in [0, 0.1) is 5.82 Å². The van der Waals surface area contributed by atoms with Gasteiger partial charge in [-0.05, 0) is 54.7 Å². The van der Waals surface area contributed by atoms with Crippen molar-refractivity contribution in [3.63, 3.8) is 0 Å². The highest BCUT2D eigenvalue weighted by Gasteiger charge is 2.34. The van der Waals surface area contributed by atoms with E-state index in [0.717, 1.165) is 36.3 Å². The first-order valence-corrected chi connectivity index (χ1v) is 10.7. The number of hydrogen-bond acceptors (Lipinski definition) is 3. The molecule has 174 valence electrons. The van der Waals surface area contributed by atoms with Crippen molar-refractivity contribution >= 4 is 35.8 Å². The molecule has 1 heterocycles. The topological polar surface area (TPSA) is 74.8 Å². The molecule has 32 heavy (non-hydrogen) atoms. The number of ether oxygens (including phenoxy) is 1. The van der Waals surface area contributed by atoms with E-state index in [1.54, 1.807) is 20.2 Å². The fourth-order valence-corrected chi connectivity index (χ4v) is 3.94. The number of guanidine groups is 1. The number of nitrogens with one attached hydrogen (secondary N) is 3. The maximum atomic E-state index is 13.4. The van der Waals surface area contributed by atoms with Crippen molar-refractivity contribution in [1.82, 2.24) is 16.0 Å². The molecule has 1 amide bonds. The van der Waals surface area contributed by atoms with Crippen LogP contribution in [-0.2, 0) is 16.6 Å². The highest BCUT2D eigenvalue weighted by atomic mass is 127. The zero-order chi connectivity index (χ0) is 22.1. The molecule has 3 rings (SSSR count). The third kappa shape index (κ3) is 6.90. The number of halogens is 2. The molecule has 0 spiro atoms. The second-order valence-corrected chi connectivity index (χ2v) is 7.78. The van der Waals surface area contributed by atoms with E-state index >= 15 is 0 Å². The van der Waals surface area contributed by atoms with E-state index in [0.29, 0.717) is 31.9 Å².